The molecule has 3 rings (SSSR count). The highest BCUT2D eigenvalue weighted by Crippen LogP contribution is 2.52. The highest BCUT2D eigenvalue weighted by atomic mass is 16.5. The predicted octanol–water partition coefficient (Wildman–Crippen LogP) is 3.84. The number of Topliss-reactive ketones (excluding diaryl/α,β-unsaturated/α-hetero) is 1. The van der Waals surface area contributed by atoms with Crippen LogP contribution < -0.4 is 9.47 Å². The molecule has 1 aromatic rings. The second-order valence-electron chi connectivity index (χ2n) is 7.91. The van der Waals surface area contributed by atoms with E-state index in [-0.39, 0.29) is 47.4 Å². The van der Waals surface area contributed by atoms with Gasteiger partial charge in [0.1, 0.15) is 34.5 Å². The molecular weight excluding hydrogens is 348 g/mol. The van der Waals surface area contributed by atoms with Crippen molar-refractivity contribution in [1.82, 2.24) is 0 Å². The van der Waals surface area contributed by atoms with Gasteiger partial charge < -0.3 is 19.3 Å². The van der Waals surface area contributed by atoms with Crippen molar-refractivity contribution in [2.45, 2.75) is 58.7 Å². The molecule has 6 heteroatoms. The van der Waals surface area contributed by atoms with Crippen LogP contribution in [0.1, 0.15) is 68.4 Å². The van der Waals surface area contributed by atoms with Crippen LogP contribution in [0.4, 0.5) is 0 Å². The molecule has 146 valence electrons. The molecule has 0 aromatic heterocycles. The molecule has 27 heavy (non-hydrogen) atoms. The number of carbonyl (C=O) groups is 2. The zero-order valence-electron chi connectivity index (χ0n) is 16.6. The number of esters is 1. The number of ketones is 1. The minimum Gasteiger partial charge on any atom is -0.506 e. The van der Waals surface area contributed by atoms with Gasteiger partial charge in [-0.3, -0.25) is 9.59 Å². The number of aromatic hydroxyl groups is 1. The third-order valence-electron chi connectivity index (χ3n) is 5.33. The van der Waals surface area contributed by atoms with E-state index in [1.54, 1.807) is 13.0 Å². The summed E-state index contributed by atoms with van der Waals surface area (Å²) in [5.74, 6) is -0.619. The van der Waals surface area contributed by atoms with E-state index in [2.05, 4.69) is 0 Å². The molecule has 1 aromatic carbocycles. The fourth-order valence-electron chi connectivity index (χ4n) is 3.54. The highest BCUT2D eigenvalue weighted by molar-refractivity contribution is 6.06. The van der Waals surface area contributed by atoms with Crippen LogP contribution in [-0.2, 0) is 9.53 Å². The molecule has 0 radical (unpaired) electrons. The zero-order chi connectivity index (χ0) is 20.1. The summed E-state index contributed by atoms with van der Waals surface area (Å²) in [7, 11) is 1.34. The summed E-state index contributed by atoms with van der Waals surface area (Å²) < 4.78 is 17.0. The average Bonchev–Trinajstić information content (AvgIpc) is 2.58. The lowest BCUT2D eigenvalue weighted by atomic mass is 9.83. The van der Waals surface area contributed by atoms with E-state index in [1.165, 1.54) is 7.11 Å². The molecular formula is C21H26O6. The number of hydrogen-bond acceptors (Lipinski definition) is 6. The number of phenolic OH excluding ortho intramolecular Hbond substituents is 1. The third-order valence-corrected chi connectivity index (χ3v) is 5.33. The van der Waals surface area contributed by atoms with Gasteiger partial charge in [0, 0.05) is 5.56 Å². The summed E-state index contributed by atoms with van der Waals surface area (Å²) in [6.07, 6.45) is 3.35. The zero-order valence-corrected chi connectivity index (χ0v) is 16.6. The number of rotatable bonds is 3. The van der Waals surface area contributed by atoms with Crippen LogP contribution in [0.15, 0.2) is 6.08 Å². The maximum Gasteiger partial charge on any atom is 0.306 e. The number of benzene rings is 1. The third kappa shape index (κ3) is 3.17. The van der Waals surface area contributed by atoms with Crippen molar-refractivity contribution in [2.24, 2.45) is 5.92 Å². The van der Waals surface area contributed by atoms with Crippen molar-refractivity contribution in [1.29, 1.82) is 0 Å². The second kappa shape index (κ2) is 6.59. The summed E-state index contributed by atoms with van der Waals surface area (Å²) in [6, 6.07) is 0. The van der Waals surface area contributed by atoms with E-state index in [9.17, 15) is 14.7 Å². The molecule has 0 amide bonds. The van der Waals surface area contributed by atoms with Gasteiger partial charge in [0.05, 0.1) is 25.0 Å². The Bertz CT molecular complexity index is 836. The first-order chi connectivity index (χ1) is 12.6. The molecule has 3 atom stereocenters. The Labute approximate surface area is 159 Å². The summed E-state index contributed by atoms with van der Waals surface area (Å²) in [5.41, 5.74) is 0.635. The molecule has 0 saturated heterocycles. The first kappa shape index (κ1) is 19.3. The van der Waals surface area contributed by atoms with Crippen molar-refractivity contribution < 1.29 is 28.9 Å². The summed E-state index contributed by atoms with van der Waals surface area (Å²) in [6.45, 7) is 9.25. The van der Waals surface area contributed by atoms with Crippen LogP contribution in [-0.4, -0.2) is 35.7 Å². The molecule has 0 bridgehead atoms. The smallest absolute Gasteiger partial charge is 0.306 e. The fraction of sp³-hybridized carbons (Fsp3) is 0.524. The van der Waals surface area contributed by atoms with Crippen LogP contribution in [0.3, 0.4) is 0 Å². The molecule has 0 spiro atoms. The van der Waals surface area contributed by atoms with E-state index in [4.69, 9.17) is 14.2 Å². The van der Waals surface area contributed by atoms with E-state index in [0.29, 0.717) is 22.6 Å². The predicted molar refractivity (Wildman–Crippen MR) is 100 cm³/mol. The topological polar surface area (TPSA) is 82.1 Å². The number of carbonyl (C=O) groups excluding carboxylic acids is 2. The molecule has 2 aliphatic heterocycles. The fourth-order valence-corrected chi connectivity index (χ4v) is 3.54. The van der Waals surface area contributed by atoms with Gasteiger partial charge >= 0.3 is 5.97 Å². The molecule has 1 unspecified atom stereocenters. The Kier molecular flexibility index (Phi) is 4.70. The van der Waals surface area contributed by atoms with Gasteiger partial charge in [0.2, 0.25) is 0 Å². The summed E-state index contributed by atoms with van der Waals surface area (Å²) in [5, 5.41) is 10.8. The first-order valence-corrected chi connectivity index (χ1v) is 9.16. The molecule has 6 nitrogen and oxygen atoms in total. The first-order valence-electron chi connectivity index (χ1n) is 9.16. The minimum atomic E-state index is -0.592. The van der Waals surface area contributed by atoms with E-state index in [0.717, 1.165) is 0 Å². The van der Waals surface area contributed by atoms with E-state index < -0.39 is 5.60 Å². The van der Waals surface area contributed by atoms with Gasteiger partial charge in [-0.05, 0) is 38.8 Å². The van der Waals surface area contributed by atoms with Gasteiger partial charge in [-0.25, -0.2) is 0 Å². The minimum absolute atomic E-state index is 0.106. The Morgan fingerprint density at radius 1 is 1.33 bits per heavy atom. The van der Waals surface area contributed by atoms with Crippen LogP contribution in [0.2, 0.25) is 0 Å². The van der Waals surface area contributed by atoms with Crippen molar-refractivity contribution in [3.8, 4) is 17.2 Å². The van der Waals surface area contributed by atoms with Crippen LogP contribution in [0, 0.1) is 5.92 Å². The maximum atomic E-state index is 12.9. The lowest BCUT2D eigenvalue weighted by molar-refractivity contribution is -0.140. The molecule has 1 N–H and O–H groups in total. The van der Waals surface area contributed by atoms with Crippen LogP contribution >= 0.6 is 0 Å². The second-order valence-corrected chi connectivity index (χ2v) is 7.91. The summed E-state index contributed by atoms with van der Waals surface area (Å²) in [4.78, 5) is 24.8. The van der Waals surface area contributed by atoms with Gasteiger partial charge in [0.25, 0.3) is 0 Å². The van der Waals surface area contributed by atoms with E-state index in [1.807, 2.05) is 33.8 Å². The standard InChI is InChI=1S/C21H26O6/c1-10(9-14(22)25-6)15-19-13(7-8-21(4,5)27-19)18(24)16-17(23)11(2)12(3)26-20(15)16/h7-8,10-12,24H,9H2,1-6H3/t10?,11-,12-/m0/s1. The van der Waals surface area contributed by atoms with Gasteiger partial charge in [-0.15, -0.1) is 0 Å². The Morgan fingerprint density at radius 2 is 2.00 bits per heavy atom. The largest absolute Gasteiger partial charge is 0.506 e. The van der Waals surface area contributed by atoms with Crippen molar-refractivity contribution in [3.05, 3.63) is 22.8 Å². The van der Waals surface area contributed by atoms with Crippen molar-refractivity contribution in [2.75, 3.05) is 7.11 Å². The maximum absolute atomic E-state index is 12.9. The molecule has 0 saturated carbocycles. The Balaban J connectivity index is 2.28. The van der Waals surface area contributed by atoms with Crippen LogP contribution in [0.5, 0.6) is 17.2 Å². The number of ether oxygens (including phenoxy) is 3. The van der Waals surface area contributed by atoms with E-state index >= 15 is 0 Å². The lowest BCUT2D eigenvalue weighted by Crippen LogP contribution is -2.35. The Hall–Kier alpha value is -2.50. The van der Waals surface area contributed by atoms with Gasteiger partial charge in [-0.2, -0.15) is 0 Å². The number of methoxy groups -OCH3 is 1. The van der Waals surface area contributed by atoms with Crippen molar-refractivity contribution >= 4 is 17.8 Å². The van der Waals surface area contributed by atoms with Gasteiger partial charge in [-0.1, -0.05) is 13.8 Å². The number of fused-ring (bicyclic) bond motifs is 2. The number of hydrogen-bond donors (Lipinski definition) is 1. The van der Waals surface area contributed by atoms with Crippen LogP contribution in [0.25, 0.3) is 6.08 Å². The van der Waals surface area contributed by atoms with Gasteiger partial charge in [0.15, 0.2) is 5.78 Å². The average molecular weight is 374 g/mol. The molecule has 2 aliphatic rings. The monoisotopic (exact) mass is 374 g/mol. The summed E-state index contributed by atoms with van der Waals surface area (Å²) >= 11 is 0. The molecule has 0 fully saturated rings. The number of phenols is 1. The quantitative estimate of drug-likeness (QED) is 0.810. The highest BCUT2D eigenvalue weighted by Gasteiger charge is 2.41. The molecule has 0 aliphatic carbocycles. The van der Waals surface area contributed by atoms with Crippen molar-refractivity contribution in [3.63, 3.8) is 0 Å². The normalized spacial score (nSPS) is 23.6. The SMILES string of the molecule is COC(=O)CC(C)c1c2c(c(O)c3c1O[C@@H](C)[C@H](C)C3=O)C=CC(C)(C)O2. The Morgan fingerprint density at radius 3 is 2.63 bits per heavy atom. The molecule has 2 heterocycles. The lowest BCUT2D eigenvalue weighted by Gasteiger charge is -2.36.